The van der Waals surface area contributed by atoms with Crippen LogP contribution in [0.4, 0.5) is 5.69 Å². The summed E-state index contributed by atoms with van der Waals surface area (Å²) in [7, 11) is 0. The maximum Gasteiger partial charge on any atom is 0.313 e. The van der Waals surface area contributed by atoms with Crippen molar-refractivity contribution >= 4 is 40.7 Å². The van der Waals surface area contributed by atoms with Crippen LogP contribution in [0.15, 0.2) is 24.3 Å². The summed E-state index contributed by atoms with van der Waals surface area (Å²) in [6.45, 7) is 3.69. The summed E-state index contributed by atoms with van der Waals surface area (Å²) < 4.78 is 0. The van der Waals surface area contributed by atoms with Gasteiger partial charge in [0.25, 0.3) is 5.91 Å². The number of carboxylic acids is 1. The van der Waals surface area contributed by atoms with E-state index >= 15 is 0 Å². The van der Waals surface area contributed by atoms with Gasteiger partial charge in [0.15, 0.2) is 0 Å². The van der Waals surface area contributed by atoms with E-state index in [-0.39, 0.29) is 11.7 Å². The first kappa shape index (κ1) is 16.5. The lowest BCUT2D eigenvalue weighted by molar-refractivity contribution is -0.133. The standard InChI is InChI=1S/C15H16N2O3S2/c1-9-14(22-10(2)16-9)15(20)17-12-5-3-4-11(6-12)7-21-8-13(18)19/h3-6H,7-8H2,1-2H3,(H,17,20)(H,18,19). The zero-order chi connectivity index (χ0) is 16.1. The van der Waals surface area contributed by atoms with Gasteiger partial charge in [0, 0.05) is 11.4 Å². The number of nitrogens with zero attached hydrogens (tertiary/aromatic N) is 1. The van der Waals surface area contributed by atoms with Crippen LogP contribution in [0.1, 0.15) is 25.9 Å². The topological polar surface area (TPSA) is 79.3 Å². The Kier molecular flexibility index (Phi) is 5.57. The van der Waals surface area contributed by atoms with Crippen LogP contribution in [0.5, 0.6) is 0 Å². The number of thioether (sulfide) groups is 1. The Morgan fingerprint density at radius 2 is 2.14 bits per heavy atom. The maximum atomic E-state index is 12.2. The minimum Gasteiger partial charge on any atom is -0.481 e. The number of carbonyl (C=O) groups excluding carboxylic acids is 1. The lowest BCUT2D eigenvalue weighted by atomic mass is 10.2. The molecule has 1 aromatic carbocycles. The number of benzene rings is 1. The van der Waals surface area contributed by atoms with Crippen LogP contribution in [0.3, 0.4) is 0 Å². The van der Waals surface area contributed by atoms with E-state index in [1.807, 2.05) is 38.1 Å². The summed E-state index contributed by atoms with van der Waals surface area (Å²) in [4.78, 5) is 27.6. The van der Waals surface area contributed by atoms with Crippen molar-refractivity contribution in [3.05, 3.63) is 45.4 Å². The van der Waals surface area contributed by atoms with Crippen molar-refractivity contribution < 1.29 is 14.7 Å². The van der Waals surface area contributed by atoms with E-state index in [2.05, 4.69) is 10.3 Å². The zero-order valence-electron chi connectivity index (χ0n) is 12.3. The fourth-order valence-electron chi connectivity index (χ4n) is 1.92. The number of aromatic nitrogens is 1. The average molecular weight is 336 g/mol. The molecule has 0 saturated carbocycles. The Labute approximate surface area is 136 Å². The summed E-state index contributed by atoms with van der Waals surface area (Å²) >= 11 is 2.69. The molecule has 0 aliphatic heterocycles. The smallest absolute Gasteiger partial charge is 0.313 e. The molecule has 22 heavy (non-hydrogen) atoms. The van der Waals surface area contributed by atoms with E-state index in [9.17, 15) is 9.59 Å². The van der Waals surface area contributed by atoms with Gasteiger partial charge >= 0.3 is 5.97 Å². The van der Waals surface area contributed by atoms with Crippen LogP contribution in [0.25, 0.3) is 0 Å². The van der Waals surface area contributed by atoms with Crippen LogP contribution >= 0.6 is 23.1 Å². The van der Waals surface area contributed by atoms with Crippen LogP contribution in [0, 0.1) is 13.8 Å². The predicted molar refractivity (Wildman–Crippen MR) is 89.8 cm³/mol. The number of aliphatic carboxylic acids is 1. The van der Waals surface area contributed by atoms with Crippen molar-refractivity contribution in [1.82, 2.24) is 4.98 Å². The van der Waals surface area contributed by atoms with Crippen molar-refractivity contribution in [2.24, 2.45) is 0 Å². The van der Waals surface area contributed by atoms with Gasteiger partial charge in [0.2, 0.25) is 0 Å². The van der Waals surface area contributed by atoms with Crippen molar-refractivity contribution in [2.45, 2.75) is 19.6 Å². The molecule has 0 saturated heterocycles. The second-order valence-electron chi connectivity index (χ2n) is 4.69. The van der Waals surface area contributed by atoms with Crippen LogP contribution in [-0.4, -0.2) is 27.7 Å². The van der Waals surface area contributed by atoms with E-state index < -0.39 is 5.97 Å². The van der Waals surface area contributed by atoms with Gasteiger partial charge in [-0.15, -0.1) is 23.1 Å². The van der Waals surface area contributed by atoms with Gasteiger partial charge in [0.1, 0.15) is 4.88 Å². The third-order valence-corrected chi connectivity index (χ3v) is 4.85. The van der Waals surface area contributed by atoms with E-state index in [0.717, 1.165) is 16.3 Å². The Bertz CT molecular complexity index is 698. The molecule has 0 spiro atoms. The van der Waals surface area contributed by atoms with Gasteiger partial charge in [0.05, 0.1) is 16.5 Å². The number of carboxylic acid groups (broad SMARTS) is 1. The van der Waals surface area contributed by atoms with Crippen LogP contribution in [-0.2, 0) is 10.5 Å². The monoisotopic (exact) mass is 336 g/mol. The molecule has 0 fully saturated rings. The molecule has 1 aromatic heterocycles. The zero-order valence-corrected chi connectivity index (χ0v) is 13.9. The fourth-order valence-corrected chi connectivity index (χ4v) is 3.43. The molecule has 1 amide bonds. The molecule has 0 bridgehead atoms. The van der Waals surface area contributed by atoms with Gasteiger partial charge in [-0.25, -0.2) is 4.98 Å². The summed E-state index contributed by atoms with van der Waals surface area (Å²) in [6.07, 6.45) is 0. The lowest BCUT2D eigenvalue weighted by Gasteiger charge is -2.06. The molecule has 2 aromatic rings. The molecule has 116 valence electrons. The summed E-state index contributed by atoms with van der Waals surface area (Å²) in [5.74, 6) is -0.339. The molecule has 0 atom stereocenters. The first-order valence-electron chi connectivity index (χ1n) is 6.59. The lowest BCUT2D eigenvalue weighted by Crippen LogP contribution is -2.11. The third kappa shape index (κ3) is 4.57. The van der Waals surface area contributed by atoms with Crippen LogP contribution in [0.2, 0.25) is 0 Å². The van der Waals surface area contributed by atoms with E-state index in [0.29, 0.717) is 16.3 Å². The minimum atomic E-state index is -0.828. The minimum absolute atomic E-state index is 0.0654. The highest BCUT2D eigenvalue weighted by Gasteiger charge is 2.14. The van der Waals surface area contributed by atoms with Gasteiger partial charge < -0.3 is 10.4 Å². The van der Waals surface area contributed by atoms with Gasteiger partial charge in [-0.05, 0) is 31.5 Å². The Hall–Kier alpha value is -1.86. The summed E-state index contributed by atoms with van der Waals surface area (Å²) in [5.41, 5.74) is 2.40. The molecule has 0 aliphatic carbocycles. The first-order chi connectivity index (χ1) is 10.5. The summed E-state index contributed by atoms with van der Waals surface area (Å²) in [6, 6.07) is 7.42. The van der Waals surface area contributed by atoms with Crippen molar-refractivity contribution in [1.29, 1.82) is 0 Å². The van der Waals surface area contributed by atoms with Crippen molar-refractivity contribution in [3.63, 3.8) is 0 Å². The average Bonchev–Trinajstić information content (AvgIpc) is 2.78. The predicted octanol–water partition coefficient (Wildman–Crippen LogP) is 3.33. The third-order valence-electron chi connectivity index (χ3n) is 2.79. The Balaban J connectivity index is 2.02. The number of carbonyl (C=O) groups is 2. The van der Waals surface area contributed by atoms with E-state index in [1.165, 1.54) is 23.1 Å². The molecule has 0 aliphatic rings. The number of thiazole rings is 1. The number of hydrogen-bond donors (Lipinski definition) is 2. The van der Waals surface area contributed by atoms with Gasteiger partial charge in [-0.1, -0.05) is 12.1 Å². The highest BCUT2D eigenvalue weighted by Crippen LogP contribution is 2.21. The first-order valence-corrected chi connectivity index (χ1v) is 8.56. The van der Waals surface area contributed by atoms with Gasteiger partial charge in [-0.3, -0.25) is 9.59 Å². The maximum absolute atomic E-state index is 12.2. The molecular formula is C15H16N2O3S2. The molecule has 1 heterocycles. The Morgan fingerprint density at radius 3 is 2.77 bits per heavy atom. The largest absolute Gasteiger partial charge is 0.481 e. The summed E-state index contributed by atoms with van der Waals surface area (Å²) in [5, 5.41) is 12.4. The molecule has 0 radical (unpaired) electrons. The number of nitrogens with one attached hydrogen (secondary N) is 1. The van der Waals surface area contributed by atoms with E-state index in [4.69, 9.17) is 5.11 Å². The number of hydrogen-bond acceptors (Lipinski definition) is 5. The van der Waals surface area contributed by atoms with E-state index in [1.54, 1.807) is 0 Å². The van der Waals surface area contributed by atoms with Crippen molar-refractivity contribution in [2.75, 3.05) is 11.1 Å². The number of aryl methyl sites for hydroxylation is 2. The molecule has 2 rings (SSSR count). The van der Waals surface area contributed by atoms with Crippen LogP contribution < -0.4 is 5.32 Å². The molecule has 2 N–H and O–H groups in total. The SMILES string of the molecule is Cc1nc(C)c(C(=O)Nc2cccc(CSCC(=O)O)c2)s1. The quantitative estimate of drug-likeness (QED) is 0.846. The second-order valence-corrected chi connectivity index (χ2v) is 6.88. The molecular weight excluding hydrogens is 320 g/mol. The highest BCUT2D eigenvalue weighted by atomic mass is 32.2. The normalized spacial score (nSPS) is 10.5. The number of anilines is 1. The van der Waals surface area contributed by atoms with Crippen molar-refractivity contribution in [3.8, 4) is 0 Å². The number of rotatable bonds is 6. The molecule has 0 unspecified atom stereocenters. The Morgan fingerprint density at radius 1 is 1.36 bits per heavy atom. The number of amides is 1. The second kappa shape index (κ2) is 7.42. The van der Waals surface area contributed by atoms with Gasteiger partial charge in [-0.2, -0.15) is 0 Å². The molecule has 5 nitrogen and oxygen atoms in total. The fraction of sp³-hybridized carbons (Fsp3) is 0.267. The highest BCUT2D eigenvalue weighted by molar-refractivity contribution is 7.99. The molecule has 7 heteroatoms.